The monoisotopic (exact) mass is 365 g/mol. The van der Waals surface area contributed by atoms with E-state index in [0.29, 0.717) is 29.0 Å². The third-order valence-corrected chi connectivity index (χ3v) is 6.38. The molecule has 26 heavy (non-hydrogen) atoms. The van der Waals surface area contributed by atoms with Gasteiger partial charge in [0.05, 0.1) is 0 Å². The smallest absolute Gasteiger partial charge is 0.159 e. The van der Waals surface area contributed by atoms with E-state index in [2.05, 4.69) is 36.4 Å². The number of fused-ring (bicyclic) bond motifs is 2. The van der Waals surface area contributed by atoms with Gasteiger partial charge in [-0.25, -0.2) is 0 Å². The van der Waals surface area contributed by atoms with Crippen molar-refractivity contribution in [1.82, 2.24) is 0 Å². The van der Waals surface area contributed by atoms with Gasteiger partial charge in [0, 0.05) is 17.1 Å². The van der Waals surface area contributed by atoms with Crippen molar-refractivity contribution < 1.29 is 4.79 Å². The zero-order valence-electron chi connectivity index (χ0n) is 14.8. The lowest BCUT2D eigenvalue weighted by molar-refractivity contribution is -0.114. The third kappa shape index (κ3) is 3.57. The van der Waals surface area contributed by atoms with Gasteiger partial charge < -0.3 is 5.73 Å². The van der Waals surface area contributed by atoms with Crippen molar-refractivity contribution >= 4 is 23.1 Å². The molecule has 0 radical (unpaired) electrons. The Kier molecular flexibility index (Phi) is 4.86. The summed E-state index contributed by atoms with van der Waals surface area (Å²) in [6, 6.07) is 16.2. The van der Waals surface area contributed by atoms with Gasteiger partial charge >= 0.3 is 0 Å². The zero-order valence-corrected chi connectivity index (χ0v) is 15.5. The average Bonchev–Trinajstić information content (AvgIpc) is 3.23. The summed E-state index contributed by atoms with van der Waals surface area (Å²) in [5, 5.41) is 0.601. The van der Waals surface area contributed by atoms with Crippen molar-refractivity contribution in [3.05, 3.63) is 76.8 Å². The van der Waals surface area contributed by atoms with E-state index in [1.165, 1.54) is 24.8 Å². The lowest BCUT2D eigenvalue weighted by atomic mass is 9.78. The average molecular weight is 366 g/mol. The fraction of sp³-hybridized carbons (Fsp3) is 0.348. The minimum Gasteiger partial charge on any atom is -0.398 e. The number of allylic oxidation sites excluding steroid dienone is 2. The van der Waals surface area contributed by atoms with Crippen molar-refractivity contribution in [2.45, 2.75) is 31.6 Å². The van der Waals surface area contributed by atoms with Crippen LogP contribution in [0.25, 0.3) is 0 Å². The number of anilines is 1. The van der Waals surface area contributed by atoms with Crippen LogP contribution in [0.1, 0.15) is 36.3 Å². The lowest BCUT2D eigenvalue weighted by Gasteiger charge is -2.26. The lowest BCUT2D eigenvalue weighted by Crippen LogP contribution is -2.15. The molecular formula is C23H24ClNO. The van der Waals surface area contributed by atoms with E-state index < -0.39 is 0 Å². The summed E-state index contributed by atoms with van der Waals surface area (Å²) < 4.78 is 0. The number of benzene rings is 2. The zero-order chi connectivity index (χ0) is 18.1. The van der Waals surface area contributed by atoms with Gasteiger partial charge in [-0.1, -0.05) is 54.1 Å². The molecule has 0 aromatic heterocycles. The SMILES string of the molecule is Nc1cc(Cl)ccc1CC(=O)/C=C/C1CC2CC1CC2c1ccccc1. The first-order valence-corrected chi connectivity index (χ1v) is 9.78. The molecule has 4 rings (SSSR count). The second-order valence-electron chi connectivity index (χ2n) is 7.75. The van der Waals surface area contributed by atoms with E-state index in [-0.39, 0.29) is 5.78 Å². The fourth-order valence-corrected chi connectivity index (χ4v) is 5.05. The van der Waals surface area contributed by atoms with Crippen LogP contribution >= 0.6 is 11.6 Å². The molecule has 2 fully saturated rings. The van der Waals surface area contributed by atoms with Crippen LogP contribution in [0.2, 0.25) is 5.02 Å². The molecule has 2 nitrogen and oxygen atoms in total. The Labute approximate surface area is 160 Å². The number of halogens is 1. The van der Waals surface area contributed by atoms with Crippen LogP contribution < -0.4 is 5.73 Å². The first kappa shape index (κ1) is 17.4. The van der Waals surface area contributed by atoms with Crippen LogP contribution in [0.3, 0.4) is 0 Å². The van der Waals surface area contributed by atoms with Gasteiger partial charge in [-0.15, -0.1) is 0 Å². The van der Waals surface area contributed by atoms with Gasteiger partial charge in [-0.3, -0.25) is 4.79 Å². The van der Waals surface area contributed by atoms with Gasteiger partial charge in [0.25, 0.3) is 0 Å². The van der Waals surface area contributed by atoms with Gasteiger partial charge in [-0.05, 0) is 72.3 Å². The molecule has 2 aliphatic rings. The Bertz CT molecular complexity index is 829. The summed E-state index contributed by atoms with van der Waals surface area (Å²) in [7, 11) is 0. The van der Waals surface area contributed by atoms with Crippen molar-refractivity contribution in [3.8, 4) is 0 Å². The van der Waals surface area contributed by atoms with E-state index in [0.717, 1.165) is 17.4 Å². The first-order chi connectivity index (χ1) is 12.6. The second kappa shape index (κ2) is 7.28. The van der Waals surface area contributed by atoms with Gasteiger partial charge in [0.2, 0.25) is 0 Å². The normalized spacial score (nSPS) is 27.3. The molecule has 2 aromatic rings. The third-order valence-electron chi connectivity index (χ3n) is 6.14. The number of carbonyl (C=O) groups is 1. The van der Waals surface area contributed by atoms with Crippen LogP contribution in [-0.4, -0.2) is 5.78 Å². The summed E-state index contributed by atoms with van der Waals surface area (Å²) in [5.41, 5.74) is 8.87. The number of nitrogen functional groups attached to an aromatic ring is 1. The van der Waals surface area contributed by atoms with Crippen molar-refractivity contribution in [2.75, 3.05) is 5.73 Å². The van der Waals surface area contributed by atoms with Gasteiger partial charge in [-0.2, -0.15) is 0 Å². The highest BCUT2D eigenvalue weighted by atomic mass is 35.5. The number of carbonyl (C=O) groups excluding carboxylic acids is 1. The molecule has 2 N–H and O–H groups in total. The van der Waals surface area contributed by atoms with Gasteiger partial charge in [0.15, 0.2) is 5.78 Å². The summed E-state index contributed by atoms with van der Waals surface area (Å²) >= 11 is 5.91. The van der Waals surface area contributed by atoms with Crippen molar-refractivity contribution in [3.63, 3.8) is 0 Å². The highest BCUT2D eigenvalue weighted by Gasteiger charge is 2.45. The number of ketones is 1. The van der Waals surface area contributed by atoms with E-state index in [4.69, 9.17) is 17.3 Å². The minimum atomic E-state index is 0.112. The van der Waals surface area contributed by atoms with E-state index in [9.17, 15) is 4.79 Å². The van der Waals surface area contributed by atoms with Crippen LogP contribution in [0, 0.1) is 17.8 Å². The Balaban J connectivity index is 1.35. The summed E-state index contributed by atoms with van der Waals surface area (Å²) in [5.74, 6) is 2.84. The van der Waals surface area contributed by atoms with Crippen LogP contribution in [0.15, 0.2) is 60.7 Å². The fourth-order valence-electron chi connectivity index (χ4n) is 4.87. The molecule has 0 amide bonds. The summed E-state index contributed by atoms with van der Waals surface area (Å²) in [4.78, 5) is 12.3. The summed E-state index contributed by atoms with van der Waals surface area (Å²) in [6.07, 6.45) is 8.02. The van der Waals surface area contributed by atoms with E-state index >= 15 is 0 Å². The van der Waals surface area contributed by atoms with Gasteiger partial charge in [0.1, 0.15) is 0 Å². The maximum atomic E-state index is 12.3. The Morgan fingerprint density at radius 2 is 1.88 bits per heavy atom. The molecule has 2 aliphatic carbocycles. The largest absolute Gasteiger partial charge is 0.398 e. The Morgan fingerprint density at radius 3 is 2.58 bits per heavy atom. The van der Waals surface area contributed by atoms with E-state index in [1.54, 1.807) is 18.2 Å². The van der Waals surface area contributed by atoms with Crippen LogP contribution in [0.5, 0.6) is 0 Å². The molecule has 3 heteroatoms. The highest BCUT2D eigenvalue weighted by Crippen LogP contribution is 2.56. The minimum absolute atomic E-state index is 0.112. The molecular weight excluding hydrogens is 342 g/mol. The molecule has 2 bridgehead atoms. The molecule has 4 atom stereocenters. The molecule has 134 valence electrons. The molecule has 2 aromatic carbocycles. The molecule has 4 unspecified atom stereocenters. The molecule has 2 saturated carbocycles. The Hall–Kier alpha value is -2.06. The van der Waals surface area contributed by atoms with Crippen molar-refractivity contribution in [1.29, 1.82) is 0 Å². The van der Waals surface area contributed by atoms with Crippen LogP contribution in [0.4, 0.5) is 5.69 Å². The first-order valence-electron chi connectivity index (χ1n) is 9.40. The van der Waals surface area contributed by atoms with Crippen LogP contribution in [-0.2, 0) is 11.2 Å². The number of nitrogens with two attached hydrogens (primary N) is 1. The quantitative estimate of drug-likeness (QED) is 0.567. The Morgan fingerprint density at radius 1 is 1.08 bits per heavy atom. The van der Waals surface area contributed by atoms with Crippen molar-refractivity contribution in [2.24, 2.45) is 17.8 Å². The van der Waals surface area contributed by atoms with E-state index in [1.807, 2.05) is 6.07 Å². The maximum Gasteiger partial charge on any atom is 0.159 e. The molecule has 0 spiro atoms. The predicted molar refractivity (Wildman–Crippen MR) is 107 cm³/mol. The number of rotatable bonds is 5. The molecule has 0 aliphatic heterocycles. The molecule has 0 saturated heterocycles. The summed E-state index contributed by atoms with van der Waals surface area (Å²) in [6.45, 7) is 0. The number of hydrogen-bond acceptors (Lipinski definition) is 2. The number of hydrogen-bond donors (Lipinski definition) is 1. The predicted octanol–water partition coefficient (Wildman–Crippen LogP) is 5.42. The maximum absolute atomic E-state index is 12.3. The molecule has 0 heterocycles. The highest BCUT2D eigenvalue weighted by molar-refractivity contribution is 6.30. The second-order valence-corrected chi connectivity index (χ2v) is 8.19. The topological polar surface area (TPSA) is 43.1 Å². The standard InChI is InChI=1S/C23H24ClNO/c24-20-8-6-17(23(25)14-20)12-21(26)9-7-16-10-19-11-18(16)13-22(19)15-4-2-1-3-5-15/h1-9,14,16,18-19,22H,10-13,25H2/b9-7+.